The Kier molecular flexibility index (Phi) is 4.26. The Balaban J connectivity index is 2.07. The van der Waals surface area contributed by atoms with Gasteiger partial charge in [-0.3, -0.25) is 14.9 Å². The molecule has 0 unspecified atom stereocenters. The van der Waals surface area contributed by atoms with Crippen molar-refractivity contribution in [2.45, 2.75) is 0 Å². The van der Waals surface area contributed by atoms with Crippen molar-refractivity contribution >= 4 is 33.7 Å². The normalized spacial score (nSPS) is 10.7. The van der Waals surface area contributed by atoms with Crippen molar-refractivity contribution in [3.63, 3.8) is 0 Å². The van der Waals surface area contributed by atoms with E-state index in [0.717, 1.165) is 4.47 Å². The predicted octanol–water partition coefficient (Wildman–Crippen LogP) is 2.45. The van der Waals surface area contributed by atoms with Gasteiger partial charge in [-0.15, -0.1) is 0 Å². The van der Waals surface area contributed by atoms with Crippen molar-refractivity contribution < 1.29 is 9.72 Å². The highest BCUT2D eigenvalue weighted by Gasteiger charge is 2.10. The van der Waals surface area contributed by atoms with Crippen molar-refractivity contribution in [2.24, 2.45) is 5.10 Å². The Morgan fingerprint density at radius 2 is 2.20 bits per heavy atom. The second-order valence-corrected chi connectivity index (χ2v) is 4.66. The Morgan fingerprint density at radius 3 is 2.85 bits per heavy atom. The fraction of sp³-hybridized carbons (Fsp3) is 0. The third kappa shape index (κ3) is 3.29. The number of nitro groups is 1. The maximum atomic E-state index is 11.7. The average Bonchev–Trinajstić information content (AvgIpc) is 2.86. The molecular weight excluding hydrogens is 328 g/mol. The molecule has 0 bridgehead atoms. The fourth-order valence-electron chi connectivity index (χ4n) is 1.48. The number of H-pyrrole nitrogens is 1. The molecule has 0 aliphatic heterocycles. The maximum Gasteiger partial charge on any atom is 0.287 e. The third-order valence-corrected chi connectivity index (χ3v) is 2.85. The predicted molar refractivity (Wildman–Crippen MR) is 76.6 cm³/mol. The van der Waals surface area contributed by atoms with Gasteiger partial charge in [-0.25, -0.2) is 5.43 Å². The van der Waals surface area contributed by atoms with Crippen LogP contribution in [0.15, 0.2) is 46.1 Å². The topological polar surface area (TPSA) is 100 Å². The number of benzene rings is 1. The first-order valence-corrected chi connectivity index (χ1v) is 6.28. The smallest absolute Gasteiger partial charge is 0.287 e. The highest BCUT2D eigenvalue weighted by molar-refractivity contribution is 9.10. The zero-order chi connectivity index (χ0) is 14.5. The van der Waals surface area contributed by atoms with Gasteiger partial charge in [-0.2, -0.15) is 5.10 Å². The van der Waals surface area contributed by atoms with E-state index in [9.17, 15) is 14.9 Å². The van der Waals surface area contributed by atoms with E-state index < -0.39 is 10.8 Å². The van der Waals surface area contributed by atoms with Crippen LogP contribution in [-0.4, -0.2) is 22.0 Å². The second-order valence-electron chi connectivity index (χ2n) is 3.75. The van der Waals surface area contributed by atoms with Gasteiger partial charge in [-0.1, -0.05) is 12.1 Å². The van der Waals surface area contributed by atoms with Crippen LogP contribution in [0.5, 0.6) is 0 Å². The number of amides is 1. The molecule has 7 nitrogen and oxygen atoms in total. The molecule has 0 spiro atoms. The molecule has 0 saturated heterocycles. The molecule has 0 atom stereocenters. The lowest BCUT2D eigenvalue weighted by atomic mass is 10.2. The molecule has 102 valence electrons. The quantitative estimate of drug-likeness (QED) is 0.509. The zero-order valence-electron chi connectivity index (χ0n) is 10.0. The highest BCUT2D eigenvalue weighted by atomic mass is 79.9. The molecule has 1 aromatic carbocycles. The molecule has 2 N–H and O–H groups in total. The van der Waals surface area contributed by atoms with E-state index in [2.05, 4.69) is 31.4 Å². The average molecular weight is 337 g/mol. The minimum absolute atomic E-state index is 0.0758. The molecule has 0 radical (unpaired) electrons. The lowest BCUT2D eigenvalue weighted by molar-refractivity contribution is -0.385. The van der Waals surface area contributed by atoms with Gasteiger partial charge in [0.2, 0.25) is 0 Å². The molecule has 1 aromatic heterocycles. The number of nitro benzene ring substituents is 1. The molecule has 1 heterocycles. The highest BCUT2D eigenvalue weighted by Crippen LogP contribution is 2.15. The minimum atomic E-state index is -0.509. The van der Waals surface area contributed by atoms with Crippen LogP contribution >= 0.6 is 15.9 Å². The van der Waals surface area contributed by atoms with Crippen molar-refractivity contribution in [2.75, 3.05) is 0 Å². The Bertz CT molecular complexity index is 681. The first-order chi connectivity index (χ1) is 9.58. The summed E-state index contributed by atoms with van der Waals surface area (Å²) in [7, 11) is 0. The molecule has 2 aromatic rings. The molecule has 1 amide bonds. The summed E-state index contributed by atoms with van der Waals surface area (Å²) in [6, 6.07) is 7.71. The van der Waals surface area contributed by atoms with Crippen LogP contribution < -0.4 is 5.43 Å². The Labute approximate surface area is 122 Å². The SMILES string of the molecule is O=C(N/N=C\c1ccccc1[N+](=O)[O-])c1cc(Br)c[nH]1. The van der Waals surface area contributed by atoms with Gasteiger partial charge in [0.05, 0.1) is 16.7 Å². The van der Waals surface area contributed by atoms with E-state index in [1.165, 1.54) is 12.3 Å². The number of carbonyl (C=O) groups excluding carboxylic acids is 1. The van der Waals surface area contributed by atoms with Crippen LogP contribution in [0.1, 0.15) is 16.1 Å². The van der Waals surface area contributed by atoms with Gasteiger partial charge in [0.25, 0.3) is 11.6 Å². The Morgan fingerprint density at radius 1 is 1.45 bits per heavy atom. The third-order valence-electron chi connectivity index (χ3n) is 2.40. The van der Waals surface area contributed by atoms with Gasteiger partial charge in [-0.05, 0) is 28.1 Å². The van der Waals surface area contributed by atoms with Gasteiger partial charge in [0, 0.05) is 16.7 Å². The van der Waals surface area contributed by atoms with Gasteiger partial charge < -0.3 is 4.98 Å². The molecular formula is C12H9BrN4O3. The molecule has 2 rings (SSSR count). The van der Waals surface area contributed by atoms with Crippen molar-refractivity contribution in [1.29, 1.82) is 0 Å². The lowest BCUT2D eigenvalue weighted by Crippen LogP contribution is -2.17. The number of carbonyl (C=O) groups is 1. The van der Waals surface area contributed by atoms with Crippen LogP contribution in [0.3, 0.4) is 0 Å². The van der Waals surface area contributed by atoms with E-state index in [1.807, 2.05) is 0 Å². The number of hydrogen-bond acceptors (Lipinski definition) is 4. The van der Waals surface area contributed by atoms with E-state index in [0.29, 0.717) is 11.3 Å². The number of aromatic amines is 1. The largest absolute Gasteiger partial charge is 0.356 e. The summed E-state index contributed by atoms with van der Waals surface area (Å²) < 4.78 is 0.741. The van der Waals surface area contributed by atoms with Gasteiger partial charge in [0.15, 0.2) is 0 Å². The van der Waals surface area contributed by atoms with E-state index >= 15 is 0 Å². The minimum Gasteiger partial charge on any atom is -0.356 e. The van der Waals surface area contributed by atoms with Crippen molar-refractivity contribution in [1.82, 2.24) is 10.4 Å². The summed E-state index contributed by atoms with van der Waals surface area (Å²) in [4.78, 5) is 24.7. The number of rotatable bonds is 4. The molecule has 0 aliphatic rings. The second kappa shape index (κ2) is 6.11. The molecule has 0 aliphatic carbocycles. The lowest BCUT2D eigenvalue weighted by Gasteiger charge is -1.97. The van der Waals surface area contributed by atoms with Crippen LogP contribution in [0.25, 0.3) is 0 Å². The van der Waals surface area contributed by atoms with Crippen molar-refractivity contribution in [3.8, 4) is 0 Å². The molecule has 0 saturated carbocycles. The summed E-state index contributed by atoms with van der Waals surface area (Å²) in [6.07, 6.45) is 2.84. The summed E-state index contributed by atoms with van der Waals surface area (Å²) in [5, 5.41) is 14.5. The van der Waals surface area contributed by atoms with Crippen molar-refractivity contribution in [3.05, 3.63) is 62.4 Å². The molecule has 0 fully saturated rings. The number of halogens is 1. The number of nitrogens with zero attached hydrogens (tertiary/aromatic N) is 2. The van der Waals surface area contributed by atoms with Crippen LogP contribution in [0.2, 0.25) is 0 Å². The summed E-state index contributed by atoms with van der Waals surface area (Å²) in [5.74, 6) is -0.439. The van der Waals surface area contributed by atoms with Crippen LogP contribution in [0, 0.1) is 10.1 Å². The van der Waals surface area contributed by atoms with Gasteiger partial charge >= 0.3 is 0 Å². The number of para-hydroxylation sites is 1. The van der Waals surface area contributed by atoms with E-state index in [1.54, 1.807) is 30.5 Å². The standard InChI is InChI=1S/C12H9BrN4O3/c13-9-5-10(14-7-9)12(18)16-15-6-8-3-1-2-4-11(8)17(19)20/h1-7,14H,(H,16,18)/b15-6-. The molecule has 8 heteroatoms. The number of hydrogen-bond donors (Lipinski definition) is 2. The first-order valence-electron chi connectivity index (χ1n) is 5.48. The van der Waals surface area contributed by atoms with Gasteiger partial charge in [0.1, 0.15) is 5.69 Å². The molecule has 20 heavy (non-hydrogen) atoms. The monoisotopic (exact) mass is 336 g/mol. The fourth-order valence-corrected chi connectivity index (χ4v) is 1.83. The van der Waals surface area contributed by atoms with Crippen LogP contribution in [0.4, 0.5) is 5.69 Å². The number of nitrogens with one attached hydrogen (secondary N) is 2. The Hall–Kier alpha value is -2.48. The zero-order valence-corrected chi connectivity index (χ0v) is 11.6. The summed E-state index contributed by atoms with van der Waals surface area (Å²) >= 11 is 3.21. The van der Waals surface area contributed by atoms with E-state index in [-0.39, 0.29) is 5.69 Å². The summed E-state index contributed by atoms with van der Waals surface area (Å²) in [5.41, 5.74) is 2.85. The number of aromatic nitrogens is 1. The number of hydrazone groups is 1. The summed E-state index contributed by atoms with van der Waals surface area (Å²) in [6.45, 7) is 0. The maximum absolute atomic E-state index is 11.7. The van der Waals surface area contributed by atoms with E-state index in [4.69, 9.17) is 0 Å². The van der Waals surface area contributed by atoms with Crippen LogP contribution in [-0.2, 0) is 0 Å². The first kappa shape index (κ1) is 13.9.